The van der Waals surface area contributed by atoms with Gasteiger partial charge in [-0.1, -0.05) is 0 Å². The summed E-state index contributed by atoms with van der Waals surface area (Å²) in [4.78, 5) is 14.2. The van der Waals surface area contributed by atoms with Crippen molar-refractivity contribution in [3.8, 4) is 0 Å². The summed E-state index contributed by atoms with van der Waals surface area (Å²) in [5, 5.41) is 8.62. The van der Waals surface area contributed by atoms with Crippen LogP contribution < -0.4 is 0 Å². The van der Waals surface area contributed by atoms with Gasteiger partial charge >= 0.3 is 5.97 Å². The molecular formula is C10H10ClF2NO2. The fraction of sp³-hybridized carbons (Fsp3) is 0.400. The molecule has 0 aromatic carbocycles. The van der Waals surface area contributed by atoms with E-state index in [1.54, 1.807) is 6.92 Å². The highest BCUT2D eigenvalue weighted by Gasteiger charge is 2.16. The van der Waals surface area contributed by atoms with Gasteiger partial charge in [0.2, 0.25) is 0 Å². The van der Waals surface area contributed by atoms with Crippen molar-refractivity contribution in [1.29, 1.82) is 0 Å². The Hall–Kier alpha value is -1.23. The van der Waals surface area contributed by atoms with Gasteiger partial charge in [0.15, 0.2) is 0 Å². The minimum absolute atomic E-state index is 0.0562. The summed E-state index contributed by atoms with van der Waals surface area (Å²) in [5.41, 5.74) is 0.753. The molecule has 1 heterocycles. The summed E-state index contributed by atoms with van der Waals surface area (Å²) in [6.45, 7) is 1.62. The van der Waals surface area contributed by atoms with Crippen LogP contribution in [0.25, 0.3) is 0 Å². The van der Waals surface area contributed by atoms with Crippen molar-refractivity contribution in [1.82, 2.24) is 4.98 Å². The van der Waals surface area contributed by atoms with Crippen molar-refractivity contribution in [3.05, 3.63) is 28.6 Å². The summed E-state index contributed by atoms with van der Waals surface area (Å²) in [6, 6.07) is 1.21. The van der Waals surface area contributed by atoms with Crippen LogP contribution in [0.15, 0.2) is 6.07 Å². The molecule has 6 heteroatoms. The first kappa shape index (κ1) is 12.8. The second kappa shape index (κ2) is 5.21. The molecule has 0 atom stereocenters. The van der Waals surface area contributed by atoms with Crippen LogP contribution in [0, 0.1) is 6.92 Å². The average molecular weight is 250 g/mol. The Bertz CT molecular complexity index is 410. The Labute approximate surface area is 96.1 Å². The average Bonchev–Trinajstić information content (AvgIpc) is 2.20. The van der Waals surface area contributed by atoms with Gasteiger partial charge in [-0.05, 0) is 24.1 Å². The van der Waals surface area contributed by atoms with E-state index < -0.39 is 18.1 Å². The quantitative estimate of drug-likeness (QED) is 0.835. The molecule has 0 aliphatic rings. The highest BCUT2D eigenvalue weighted by Crippen LogP contribution is 2.23. The van der Waals surface area contributed by atoms with E-state index in [0.717, 1.165) is 0 Å². The summed E-state index contributed by atoms with van der Waals surface area (Å²) < 4.78 is 25.0. The maximum Gasteiger partial charge on any atom is 0.309 e. The molecule has 1 aromatic heterocycles. The normalized spacial score (nSPS) is 10.8. The Morgan fingerprint density at radius 1 is 1.62 bits per heavy atom. The lowest BCUT2D eigenvalue weighted by Crippen LogP contribution is -2.08. The summed E-state index contributed by atoms with van der Waals surface area (Å²) in [6.07, 6.45) is -3.11. The SMILES string of the molecule is Cc1c(CCl)cc(C(F)F)nc1CC(=O)O. The molecule has 0 saturated carbocycles. The third kappa shape index (κ3) is 2.88. The van der Waals surface area contributed by atoms with E-state index in [2.05, 4.69) is 4.98 Å². The smallest absolute Gasteiger partial charge is 0.309 e. The van der Waals surface area contributed by atoms with Gasteiger partial charge in [0, 0.05) is 5.88 Å². The highest BCUT2D eigenvalue weighted by atomic mass is 35.5. The third-order valence-electron chi connectivity index (χ3n) is 2.19. The van der Waals surface area contributed by atoms with Crippen LogP contribution in [-0.4, -0.2) is 16.1 Å². The Morgan fingerprint density at radius 2 is 2.25 bits per heavy atom. The van der Waals surface area contributed by atoms with E-state index in [1.807, 2.05) is 0 Å². The largest absolute Gasteiger partial charge is 0.481 e. The molecule has 0 fully saturated rings. The van der Waals surface area contributed by atoms with Gasteiger partial charge in [-0.2, -0.15) is 0 Å². The van der Waals surface area contributed by atoms with Crippen molar-refractivity contribution in [2.24, 2.45) is 0 Å². The molecule has 0 amide bonds. The minimum Gasteiger partial charge on any atom is -0.481 e. The fourth-order valence-electron chi connectivity index (χ4n) is 1.31. The van der Waals surface area contributed by atoms with E-state index in [4.69, 9.17) is 16.7 Å². The number of hydrogen-bond acceptors (Lipinski definition) is 2. The fourth-order valence-corrected chi connectivity index (χ4v) is 1.59. The van der Waals surface area contributed by atoms with Gasteiger partial charge in [0.25, 0.3) is 6.43 Å². The summed E-state index contributed by atoms with van der Waals surface area (Å²) in [7, 11) is 0. The lowest BCUT2D eigenvalue weighted by atomic mass is 10.1. The number of carboxylic acids is 1. The van der Waals surface area contributed by atoms with Crippen molar-refractivity contribution >= 4 is 17.6 Å². The Kier molecular flexibility index (Phi) is 4.18. The molecule has 1 N–H and O–H groups in total. The van der Waals surface area contributed by atoms with Crippen molar-refractivity contribution in [3.63, 3.8) is 0 Å². The van der Waals surface area contributed by atoms with Crippen LogP contribution in [0.5, 0.6) is 0 Å². The second-order valence-corrected chi connectivity index (χ2v) is 3.55. The number of carboxylic acid groups (broad SMARTS) is 1. The summed E-state index contributed by atoms with van der Waals surface area (Å²) in [5.74, 6) is -1.05. The lowest BCUT2D eigenvalue weighted by Gasteiger charge is -2.10. The second-order valence-electron chi connectivity index (χ2n) is 3.28. The maximum atomic E-state index is 12.5. The van der Waals surface area contributed by atoms with E-state index >= 15 is 0 Å². The zero-order valence-corrected chi connectivity index (χ0v) is 9.26. The van der Waals surface area contributed by atoms with Crippen LogP contribution >= 0.6 is 11.6 Å². The van der Waals surface area contributed by atoms with Crippen molar-refractivity contribution in [2.75, 3.05) is 0 Å². The standard InChI is InChI=1S/C10H10ClF2NO2/c1-5-6(4-11)2-8(10(12)13)14-7(5)3-9(15)16/h2,10H,3-4H2,1H3,(H,15,16). The van der Waals surface area contributed by atoms with Gasteiger partial charge in [-0.15, -0.1) is 11.6 Å². The van der Waals surface area contributed by atoms with Crippen molar-refractivity contribution < 1.29 is 18.7 Å². The van der Waals surface area contributed by atoms with E-state index in [-0.39, 0.29) is 18.0 Å². The van der Waals surface area contributed by atoms with Gasteiger partial charge in [-0.25, -0.2) is 8.78 Å². The zero-order chi connectivity index (χ0) is 12.3. The van der Waals surface area contributed by atoms with Crippen LogP contribution in [0.4, 0.5) is 8.78 Å². The third-order valence-corrected chi connectivity index (χ3v) is 2.47. The lowest BCUT2D eigenvalue weighted by molar-refractivity contribution is -0.136. The molecule has 0 unspecified atom stereocenters. The van der Waals surface area contributed by atoms with Gasteiger partial charge < -0.3 is 5.11 Å². The number of carbonyl (C=O) groups is 1. The number of pyridine rings is 1. The first-order valence-electron chi connectivity index (χ1n) is 4.51. The predicted molar refractivity (Wildman–Crippen MR) is 54.8 cm³/mol. The topological polar surface area (TPSA) is 50.2 Å². The van der Waals surface area contributed by atoms with Crippen LogP contribution in [-0.2, 0) is 17.1 Å². The molecule has 0 saturated heterocycles. The number of alkyl halides is 3. The van der Waals surface area contributed by atoms with Crippen LogP contribution in [0.3, 0.4) is 0 Å². The molecule has 0 radical (unpaired) electrons. The Morgan fingerprint density at radius 3 is 2.69 bits per heavy atom. The van der Waals surface area contributed by atoms with E-state index in [9.17, 15) is 13.6 Å². The molecule has 1 aromatic rings. The highest BCUT2D eigenvalue weighted by molar-refractivity contribution is 6.17. The number of nitrogens with zero attached hydrogens (tertiary/aromatic N) is 1. The number of halogens is 3. The first-order valence-corrected chi connectivity index (χ1v) is 5.04. The van der Waals surface area contributed by atoms with E-state index in [0.29, 0.717) is 11.1 Å². The number of rotatable bonds is 4. The molecule has 0 aliphatic heterocycles. The minimum atomic E-state index is -2.73. The molecule has 16 heavy (non-hydrogen) atoms. The van der Waals surface area contributed by atoms with E-state index in [1.165, 1.54) is 6.07 Å². The molecule has 1 rings (SSSR count). The number of hydrogen-bond donors (Lipinski definition) is 1. The maximum absolute atomic E-state index is 12.5. The molecule has 88 valence electrons. The predicted octanol–water partition coefficient (Wildman–Crippen LogP) is 2.69. The first-order chi connectivity index (χ1) is 7.45. The zero-order valence-electron chi connectivity index (χ0n) is 8.51. The van der Waals surface area contributed by atoms with Crippen LogP contribution in [0.1, 0.15) is 28.9 Å². The molecule has 0 bridgehead atoms. The van der Waals surface area contributed by atoms with Gasteiger partial charge in [0.05, 0.1) is 12.1 Å². The summed E-state index contributed by atoms with van der Waals surface area (Å²) >= 11 is 5.60. The number of aliphatic carboxylic acids is 1. The van der Waals surface area contributed by atoms with Gasteiger partial charge in [-0.3, -0.25) is 9.78 Å². The Balaban J connectivity index is 3.24. The molecular weight excluding hydrogens is 240 g/mol. The molecule has 3 nitrogen and oxygen atoms in total. The number of aromatic nitrogens is 1. The van der Waals surface area contributed by atoms with Gasteiger partial charge in [0.1, 0.15) is 5.69 Å². The monoisotopic (exact) mass is 249 g/mol. The molecule has 0 aliphatic carbocycles. The van der Waals surface area contributed by atoms with Crippen LogP contribution in [0.2, 0.25) is 0 Å². The van der Waals surface area contributed by atoms with Crippen molar-refractivity contribution in [2.45, 2.75) is 25.7 Å². The molecule has 0 spiro atoms.